The van der Waals surface area contributed by atoms with Gasteiger partial charge >= 0.3 is 0 Å². The van der Waals surface area contributed by atoms with Crippen LogP contribution < -0.4 is 0 Å². The minimum atomic E-state index is -0.536. The molecule has 2 aromatic carbocycles. The third kappa shape index (κ3) is 3.60. The Balaban J connectivity index is 1.68. The first kappa shape index (κ1) is 17.7. The second-order valence-corrected chi connectivity index (χ2v) is 7.41. The summed E-state index contributed by atoms with van der Waals surface area (Å²) >= 11 is 0. The summed E-state index contributed by atoms with van der Waals surface area (Å²) in [4.78, 5) is 32.3. The summed E-state index contributed by atoms with van der Waals surface area (Å²) in [5.74, 6) is 0.0598. The van der Waals surface area contributed by atoms with E-state index < -0.39 is 6.04 Å². The smallest absolute Gasteiger partial charge is 0.250 e. The zero-order chi connectivity index (χ0) is 18.8. The van der Waals surface area contributed by atoms with Gasteiger partial charge in [0.2, 0.25) is 11.8 Å². The van der Waals surface area contributed by atoms with Gasteiger partial charge in [-0.15, -0.1) is 0 Å². The Hall–Kier alpha value is -2.66. The van der Waals surface area contributed by atoms with E-state index in [9.17, 15) is 9.59 Å². The van der Waals surface area contributed by atoms with E-state index in [4.69, 9.17) is 0 Å². The Morgan fingerprint density at radius 1 is 0.963 bits per heavy atom. The van der Waals surface area contributed by atoms with Crippen LogP contribution in [-0.4, -0.2) is 59.7 Å². The minimum Gasteiger partial charge on any atom is -0.338 e. The Morgan fingerprint density at radius 2 is 1.63 bits per heavy atom. The fourth-order valence-corrected chi connectivity index (χ4v) is 3.96. The largest absolute Gasteiger partial charge is 0.338 e. The fraction of sp³-hybridized carbons (Fsp3) is 0.364. The Kier molecular flexibility index (Phi) is 4.94. The van der Waals surface area contributed by atoms with Gasteiger partial charge in [0.15, 0.2) is 0 Å². The highest BCUT2D eigenvalue weighted by Gasteiger charge is 2.39. The summed E-state index contributed by atoms with van der Waals surface area (Å²) in [6.45, 7) is 3.61. The number of piperazine rings is 1. The van der Waals surface area contributed by atoms with E-state index in [1.165, 1.54) is 0 Å². The van der Waals surface area contributed by atoms with Crippen molar-refractivity contribution in [3.63, 3.8) is 0 Å². The molecular weight excluding hydrogens is 338 g/mol. The van der Waals surface area contributed by atoms with E-state index in [2.05, 4.69) is 11.9 Å². The number of hydrogen-bond acceptors (Lipinski definition) is 3. The summed E-state index contributed by atoms with van der Waals surface area (Å²) in [6.07, 6.45) is 0.357. The van der Waals surface area contributed by atoms with Gasteiger partial charge in [0.25, 0.3) is 0 Å². The van der Waals surface area contributed by atoms with Gasteiger partial charge in [-0.25, -0.2) is 0 Å². The van der Waals surface area contributed by atoms with Gasteiger partial charge in [-0.05, 0) is 23.7 Å². The molecule has 1 fully saturated rings. The molecule has 5 nitrogen and oxygen atoms in total. The third-order valence-corrected chi connectivity index (χ3v) is 5.57. The highest BCUT2D eigenvalue weighted by molar-refractivity contribution is 5.92. The molecule has 0 saturated carbocycles. The van der Waals surface area contributed by atoms with Crippen LogP contribution in [0.1, 0.15) is 22.7 Å². The molecule has 27 heavy (non-hydrogen) atoms. The normalized spacial score (nSPS) is 20.5. The van der Waals surface area contributed by atoms with Gasteiger partial charge in [0.1, 0.15) is 6.04 Å². The fourth-order valence-electron chi connectivity index (χ4n) is 3.96. The lowest BCUT2D eigenvalue weighted by atomic mass is 9.90. The highest BCUT2D eigenvalue weighted by Crippen LogP contribution is 2.33. The van der Waals surface area contributed by atoms with Crippen LogP contribution in [0.4, 0.5) is 0 Å². The molecule has 0 aliphatic carbocycles. The molecule has 2 amide bonds. The molecule has 4 rings (SSSR count). The summed E-state index contributed by atoms with van der Waals surface area (Å²) in [5, 5.41) is 0. The van der Waals surface area contributed by atoms with Gasteiger partial charge < -0.3 is 14.7 Å². The molecule has 0 bridgehead atoms. The molecule has 1 saturated heterocycles. The summed E-state index contributed by atoms with van der Waals surface area (Å²) < 4.78 is 0. The number of carbonyl (C=O) groups excluding carboxylic acids is 2. The first-order valence-electron chi connectivity index (χ1n) is 9.52. The van der Waals surface area contributed by atoms with Crippen LogP contribution in [0.15, 0.2) is 54.6 Å². The third-order valence-electron chi connectivity index (χ3n) is 5.57. The average Bonchev–Trinajstić information content (AvgIpc) is 2.69. The van der Waals surface area contributed by atoms with E-state index in [-0.39, 0.29) is 11.8 Å². The van der Waals surface area contributed by atoms with Crippen molar-refractivity contribution in [1.29, 1.82) is 0 Å². The quantitative estimate of drug-likeness (QED) is 0.839. The zero-order valence-corrected chi connectivity index (χ0v) is 15.7. The van der Waals surface area contributed by atoms with Crippen LogP contribution in [0, 0.1) is 0 Å². The minimum absolute atomic E-state index is 0.0185. The van der Waals surface area contributed by atoms with E-state index in [0.29, 0.717) is 26.1 Å². The molecular formula is C22H25N3O2. The topological polar surface area (TPSA) is 43.9 Å². The Morgan fingerprint density at radius 3 is 2.37 bits per heavy atom. The van der Waals surface area contributed by atoms with Gasteiger partial charge in [0, 0.05) is 32.7 Å². The highest BCUT2D eigenvalue weighted by atomic mass is 16.2. The Labute approximate surface area is 160 Å². The Bertz CT molecular complexity index is 828. The van der Waals surface area contributed by atoms with Gasteiger partial charge in [-0.3, -0.25) is 9.59 Å². The average molecular weight is 363 g/mol. The van der Waals surface area contributed by atoms with Crippen LogP contribution in [0.3, 0.4) is 0 Å². The maximum atomic E-state index is 13.5. The number of amides is 2. The molecule has 0 radical (unpaired) electrons. The van der Waals surface area contributed by atoms with E-state index in [1.54, 1.807) is 4.90 Å². The van der Waals surface area contributed by atoms with Crippen molar-refractivity contribution < 1.29 is 9.59 Å². The van der Waals surface area contributed by atoms with Crippen molar-refractivity contribution >= 4 is 11.8 Å². The maximum Gasteiger partial charge on any atom is 0.250 e. The molecule has 1 unspecified atom stereocenters. The number of nitrogens with zero attached hydrogens (tertiary/aromatic N) is 3. The van der Waals surface area contributed by atoms with Crippen molar-refractivity contribution in [2.24, 2.45) is 0 Å². The SMILES string of the molecule is CN1CCN(C(=O)C2c3ccccc3CC(=O)N2Cc2ccccc2)CC1. The number of fused-ring (bicyclic) bond motifs is 1. The predicted octanol–water partition coefficient (Wildman–Crippen LogP) is 2.09. The zero-order valence-electron chi connectivity index (χ0n) is 15.7. The first-order chi connectivity index (χ1) is 13.1. The van der Waals surface area contributed by atoms with Crippen LogP contribution >= 0.6 is 0 Å². The van der Waals surface area contributed by atoms with Crippen molar-refractivity contribution in [2.75, 3.05) is 33.2 Å². The summed E-state index contributed by atoms with van der Waals surface area (Å²) in [6, 6.07) is 17.2. The lowest BCUT2D eigenvalue weighted by Gasteiger charge is -2.41. The molecule has 0 spiro atoms. The van der Waals surface area contributed by atoms with Crippen LogP contribution in [0.2, 0.25) is 0 Å². The second kappa shape index (κ2) is 7.53. The lowest BCUT2D eigenvalue weighted by Crippen LogP contribution is -2.53. The molecule has 2 heterocycles. The van der Waals surface area contributed by atoms with Crippen LogP contribution in [0.5, 0.6) is 0 Å². The molecule has 2 aliphatic heterocycles. The van der Waals surface area contributed by atoms with Crippen molar-refractivity contribution in [1.82, 2.24) is 14.7 Å². The van der Waals surface area contributed by atoms with E-state index >= 15 is 0 Å². The van der Waals surface area contributed by atoms with Crippen LogP contribution in [-0.2, 0) is 22.6 Å². The van der Waals surface area contributed by atoms with Crippen LogP contribution in [0.25, 0.3) is 0 Å². The van der Waals surface area contributed by atoms with Gasteiger partial charge in [-0.2, -0.15) is 0 Å². The summed E-state index contributed by atoms with van der Waals surface area (Å²) in [5.41, 5.74) is 2.98. The number of carbonyl (C=O) groups is 2. The lowest BCUT2D eigenvalue weighted by molar-refractivity contribution is -0.148. The van der Waals surface area contributed by atoms with Gasteiger partial charge in [-0.1, -0.05) is 54.6 Å². The van der Waals surface area contributed by atoms with Crippen molar-refractivity contribution in [3.8, 4) is 0 Å². The molecule has 0 N–H and O–H groups in total. The standard InChI is InChI=1S/C22H25N3O2/c1-23-11-13-24(14-12-23)22(27)21-19-10-6-5-9-18(19)15-20(26)25(21)16-17-7-3-2-4-8-17/h2-10,21H,11-16H2,1H3. The molecule has 2 aliphatic rings. The molecule has 2 aromatic rings. The first-order valence-corrected chi connectivity index (χ1v) is 9.52. The number of likely N-dealkylation sites (N-methyl/N-ethyl adjacent to an activating group) is 1. The van der Waals surface area contributed by atoms with E-state index in [0.717, 1.165) is 29.8 Å². The molecule has 140 valence electrons. The monoisotopic (exact) mass is 363 g/mol. The second-order valence-electron chi connectivity index (χ2n) is 7.41. The van der Waals surface area contributed by atoms with Gasteiger partial charge in [0.05, 0.1) is 6.42 Å². The van der Waals surface area contributed by atoms with Crippen molar-refractivity contribution in [2.45, 2.75) is 19.0 Å². The maximum absolute atomic E-state index is 13.5. The van der Waals surface area contributed by atoms with E-state index in [1.807, 2.05) is 59.5 Å². The summed E-state index contributed by atoms with van der Waals surface area (Å²) in [7, 11) is 2.07. The molecule has 0 aromatic heterocycles. The molecule has 1 atom stereocenters. The number of rotatable bonds is 3. The molecule has 5 heteroatoms. The predicted molar refractivity (Wildman–Crippen MR) is 104 cm³/mol. The number of hydrogen-bond donors (Lipinski definition) is 0. The van der Waals surface area contributed by atoms with Crippen molar-refractivity contribution in [3.05, 3.63) is 71.3 Å². The number of benzene rings is 2.